The molecule has 0 aliphatic heterocycles. The molecule has 0 atom stereocenters. The van der Waals surface area contributed by atoms with Gasteiger partial charge in [0.05, 0.1) is 41.0 Å². The van der Waals surface area contributed by atoms with Gasteiger partial charge in [0.2, 0.25) is 0 Å². The second kappa shape index (κ2) is 12.5. The number of carbonyl (C=O) groups excluding carboxylic acids is 2. The highest BCUT2D eigenvalue weighted by Gasteiger charge is 2.38. The van der Waals surface area contributed by atoms with E-state index in [1.807, 2.05) is 0 Å². The zero-order valence-corrected chi connectivity index (χ0v) is 22.1. The quantitative estimate of drug-likeness (QED) is 0.279. The molecule has 1 saturated carbocycles. The van der Waals surface area contributed by atoms with Crippen molar-refractivity contribution in [1.82, 2.24) is 5.32 Å². The van der Waals surface area contributed by atoms with Crippen LogP contribution in [0.25, 0.3) is 0 Å². The van der Waals surface area contributed by atoms with Gasteiger partial charge in [-0.1, -0.05) is 17.7 Å². The van der Waals surface area contributed by atoms with Crippen molar-refractivity contribution in [2.24, 2.45) is 5.41 Å². The normalized spacial score (nSPS) is 18.5. The number of carbonyl (C=O) groups is 3. The number of carboxylic acid groups (broad SMARTS) is 1. The fourth-order valence-corrected chi connectivity index (χ4v) is 4.39. The van der Waals surface area contributed by atoms with E-state index < -0.39 is 17.3 Å². The minimum Gasteiger partial charge on any atom is -0.496 e. The van der Waals surface area contributed by atoms with Crippen LogP contribution in [0.5, 0.6) is 11.5 Å². The smallest absolute Gasteiger partial charge is 0.309 e. The first kappa shape index (κ1) is 28.5. The van der Waals surface area contributed by atoms with Crippen LogP contribution in [0.3, 0.4) is 0 Å². The van der Waals surface area contributed by atoms with Gasteiger partial charge in [-0.3, -0.25) is 14.4 Å². The molecule has 0 spiro atoms. The van der Waals surface area contributed by atoms with Crippen molar-refractivity contribution in [3.05, 3.63) is 64.7 Å². The van der Waals surface area contributed by atoms with Gasteiger partial charge < -0.3 is 25.2 Å². The molecule has 10 heteroatoms. The summed E-state index contributed by atoms with van der Waals surface area (Å²) in [5, 5.41) is 24.9. The summed E-state index contributed by atoms with van der Waals surface area (Å²) in [6.45, 7) is 5.72. The van der Waals surface area contributed by atoms with E-state index in [1.165, 1.54) is 31.4 Å². The first-order valence-electron chi connectivity index (χ1n) is 12.1. The molecule has 200 valence electrons. The molecule has 38 heavy (non-hydrogen) atoms. The number of nitrogens with zero attached hydrogens (tertiary/aromatic N) is 1. The van der Waals surface area contributed by atoms with Crippen molar-refractivity contribution >= 4 is 35.1 Å². The molecule has 1 fully saturated rings. The summed E-state index contributed by atoms with van der Waals surface area (Å²) in [7, 11) is 1.37. The number of hydrogen-bond donors (Lipinski definition) is 3. The highest BCUT2D eigenvalue weighted by atomic mass is 35.5. The average molecular weight is 540 g/mol. The maximum atomic E-state index is 13.4. The third-order valence-electron chi connectivity index (χ3n) is 6.62. The van der Waals surface area contributed by atoms with Crippen LogP contribution in [0.15, 0.2) is 43.0 Å². The van der Waals surface area contributed by atoms with Crippen LogP contribution in [0, 0.1) is 16.7 Å². The number of amides is 2. The van der Waals surface area contributed by atoms with Crippen molar-refractivity contribution in [3.63, 3.8) is 0 Å². The summed E-state index contributed by atoms with van der Waals surface area (Å²) in [5.74, 6) is -1.49. The molecule has 0 radical (unpaired) electrons. The summed E-state index contributed by atoms with van der Waals surface area (Å²) in [6, 6.07) is 9.42. The zero-order chi connectivity index (χ0) is 27.9. The molecule has 2 aromatic rings. The van der Waals surface area contributed by atoms with E-state index in [0.29, 0.717) is 43.7 Å². The standard InChI is InChI=1S/C28H30ClN3O6/c1-4-5-12-31-25(33)20-7-6-18(29)14-22(20)32-26(34)21-15-23(17(16-30)13-24(21)37-3)38-19-8-10-28(2,11-9-19)27(35)36/h4,6-7,13-15,19H,1,5,8-12H2,2-3H3,(H,31,33)(H,32,34)(H,35,36)/t19-,28+. The lowest BCUT2D eigenvalue weighted by atomic mass is 9.75. The molecule has 3 rings (SSSR count). The zero-order valence-electron chi connectivity index (χ0n) is 21.3. The Morgan fingerprint density at radius 2 is 1.89 bits per heavy atom. The second-order valence-corrected chi connectivity index (χ2v) is 9.76. The average Bonchev–Trinajstić information content (AvgIpc) is 2.89. The van der Waals surface area contributed by atoms with E-state index in [4.69, 9.17) is 21.1 Å². The van der Waals surface area contributed by atoms with Crippen molar-refractivity contribution in [2.75, 3.05) is 19.0 Å². The Hall–Kier alpha value is -4.03. The summed E-state index contributed by atoms with van der Waals surface area (Å²) in [6.07, 6.45) is 3.82. The topological polar surface area (TPSA) is 138 Å². The predicted octanol–water partition coefficient (Wildman–Crippen LogP) is 5.19. The van der Waals surface area contributed by atoms with E-state index in [9.17, 15) is 24.8 Å². The lowest BCUT2D eigenvalue weighted by Crippen LogP contribution is -2.36. The number of nitrogens with one attached hydrogen (secondary N) is 2. The van der Waals surface area contributed by atoms with Gasteiger partial charge in [0.25, 0.3) is 11.8 Å². The van der Waals surface area contributed by atoms with Crippen molar-refractivity contribution in [3.8, 4) is 17.6 Å². The van der Waals surface area contributed by atoms with Gasteiger partial charge in [-0.05, 0) is 63.3 Å². The number of benzene rings is 2. The molecular weight excluding hydrogens is 510 g/mol. The van der Waals surface area contributed by atoms with Crippen LogP contribution >= 0.6 is 11.6 Å². The fourth-order valence-electron chi connectivity index (χ4n) is 4.22. The molecule has 9 nitrogen and oxygen atoms in total. The summed E-state index contributed by atoms with van der Waals surface area (Å²) in [5.41, 5.74) is -0.122. The minimum absolute atomic E-state index is 0.0886. The predicted molar refractivity (Wildman–Crippen MR) is 143 cm³/mol. The number of hydrogen-bond acceptors (Lipinski definition) is 6. The molecule has 0 saturated heterocycles. The fraction of sp³-hybridized carbons (Fsp3) is 0.357. The van der Waals surface area contributed by atoms with Gasteiger partial charge in [0, 0.05) is 17.6 Å². The number of anilines is 1. The summed E-state index contributed by atoms with van der Waals surface area (Å²) in [4.78, 5) is 37.6. The first-order chi connectivity index (χ1) is 18.1. The lowest BCUT2D eigenvalue weighted by molar-refractivity contribution is -0.150. The number of rotatable bonds is 10. The van der Waals surface area contributed by atoms with E-state index in [2.05, 4.69) is 23.3 Å². The molecule has 3 N–H and O–H groups in total. The monoisotopic (exact) mass is 539 g/mol. The van der Waals surface area contributed by atoms with Crippen molar-refractivity contribution < 1.29 is 29.0 Å². The van der Waals surface area contributed by atoms with Gasteiger partial charge in [0.15, 0.2) is 0 Å². The molecular formula is C28H30ClN3O6. The minimum atomic E-state index is -0.841. The largest absolute Gasteiger partial charge is 0.496 e. The molecule has 0 heterocycles. The molecule has 2 aromatic carbocycles. The number of methoxy groups -OCH3 is 1. The molecule has 1 aliphatic carbocycles. The Balaban J connectivity index is 1.87. The molecule has 0 unspecified atom stereocenters. The van der Waals surface area contributed by atoms with E-state index >= 15 is 0 Å². The van der Waals surface area contributed by atoms with Gasteiger partial charge in [0.1, 0.15) is 17.6 Å². The summed E-state index contributed by atoms with van der Waals surface area (Å²) < 4.78 is 11.4. The van der Waals surface area contributed by atoms with E-state index in [0.717, 1.165) is 0 Å². The van der Waals surface area contributed by atoms with Crippen molar-refractivity contribution in [1.29, 1.82) is 5.26 Å². The van der Waals surface area contributed by atoms with Gasteiger partial charge in [-0.25, -0.2) is 0 Å². The van der Waals surface area contributed by atoms with E-state index in [1.54, 1.807) is 19.1 Å². The van der Waals surface area contributed by atoms with Gasteiger partial charge in [-0.15, -0.1) is 6.58 Å². The van der Waals surface area contributed by atoms with Crippen LogP contribution in [-0.2, 0) is 4.79 Å². The lowest BCUT2D eigenvalue weighted by Gasteiger charge is -2.34. The number of carboxylic acids is 1. The number of nitriles is 1. The molecule has 1 aliphatic rings. The van der Waals surface area contributed by atoms with Crippen LogP contribution in [-0.4, -0.2) is 42.6 Å². The highest BCUT2D eigenvalue weighted by Crippen LogP contribution is 2.39. The molecule has 0 bridgehead atoms. The maximum Gasteiger partial charge on any atom is 0.309 e. The van der Waals surface area contributed by atoms with Gasteiger partial charge >= 0.3 is 5.97 Å². The van der Waals surface area contributed by atoms with Crippen LogP contribution in [0.1, 0.15) is 65.3 Å². The number of aliphatic carboxylic acids is 1. The maximum absolute atomic E-state index is 13.4. The van der Waals surface area contributed by atoms with Crippen LogP contribution < -0.4 is 20.1 Å². The summed E-state index contributed by atoms with van der Waals surface area (Å²) >= 11 is 6.14. The number of ether oxygens (including phenoxy) is 2. The Morgan fingerprint density at radius 1 is 1.18 bits per heavy atom. The van der Waals surface area contributed by atoms with Gasteiger partial charge in [-0.2, -0.15) is 5.26 Å². The SMILES string of the molecule is C=CCCNC(=O)c1ccc(Cl)cc1NC(=O)c1cc(O[C@H]2CC[C@@](C)(C(=O)O)CC2)c(C#N)cc1OC. The highest BCUT2D eigenvalue weighted by molar-refractivity contribution is 6.31. The Labute approximate surface area is 226 Å². The Kier molecular flexibility index (Phi) is 9.37. The second-order valence-electron chi connectivity index (χ2n) is 9.32. The first-order valence-corrected chi connectivity index (χ1v) is 12.5. The van der Waals surface area contributed by atoms with Crippen LogP contribution in [0.2, 0.25) is 5.02 Å². The third kappa shape index (κ3) is 6.64. The number of halogens is 1. The molecule has 0 aromatic heterocycles. The Morgan fingerprint density at radius 3 is 2.50 bits per heavy atom. The third-order valence-corrected chi connectivity index (χ3v) is 6.86. The van der Waals surface area contributed by atoms with E-state index in [-0.39, 0.29) is 45.9 Å². The van der Waals surface area contributed by atoms with Crippen molar-refractivity contribution in [2.45, 2.75) is 45.1 Å². The Bertz CT molecular complexity index is 1280. The molecule has 2 amide bonds. The van der Waals surface area contributed by atoms with Crippen LogP contribution in [0.4, 0.5) is 5.69 Å².